The highest BCUT2D eigenvalue weighted by Crippen LogP contribution is 2.17. The van der Waals surface area contributed by atoms with Crippen LogP contribution in [0.1, 0.15) is 31.1 Å². The topological polar surface area (TPSA) is 46.3 Å². The molecule has 0 radical (unpaired) electrons. The first kappa shape index (κ1) is 13.5. The van der Waals surface area contributed by atoms with E-state index in [1.165, 1.54) is 12.1 Å². The Labute approximate surface area is 101 Å². The Hall–Kier alpha value is -1.58. The lowest BCUT2D eigenvalue weighted by Gasteiger charge is -2.26. The van der Waals surface area contributed by atoms with E-state index in [9.17, 15) is 9.18 Å². The van der Waals surface area contributed by atoms with Crippen molar-refractivity contribution in [1.29, 1.82) is 0 Å². The number of anilines is 1. The molecule has 2 N–H and O–H groups in total. The molecular weight excluding hydrogens is 219 g/mol. The molecule has 0 heterocycles. The molecule has 4 heteroatoms. The van der Waals surface area contributed by atoms with E-state index in [-0.39, 0.29) is 17.0 Å². The van der Waals surface area contributed by atoms with E-state index in [1.54, 1.807) is 18.0 Å². The summed E-state index contributed by atoms with van der Waals surface area (Å²) in [6, 6.07) is 4.13. The minimum Gasteiger partial charge on any atom is -0.396 e. The third-order valence-corrected chi connectivity index (χ3v) is 2.31. The first-order chi connectivity index (χ1) is 7.70. The van der Waals surface area contributed by atoms with E-state index in [1.807, 2.05) is 20.8 Å². The van der Waals surface area contributed by atoms with E-state index in [0.29, 0.717) is 12.1 Å². The second-order valence-electron chi connectivity index (χ2n) is 5.46. The molecule has 0 atom stereocenters. The highest BCUT2D eigenvalue weighted by molar-refractivity contribution is 5.94. The third kappa shape index (κ3) is 3.73. The molecule has 1 aromatic rings. The van der Waals surface area contributed by atoms with Crippen molar-refractivity contribution in [2.24, 2.45) is 5.41 Å². The smallest absolute Gasteiger partial charge is 0.253 e. The molecule has 1 rings (SSSR count). The van der Waals surface area contributed by atoms with Crippen LogP contribution in [0.25, 0.3) is 0 Å². The van der Waals surface area contributed by atoms with Crippen molar-refractivity contribution in [3.63, 3.8) is 0 Å². The SMILES string of the molecule is CN(CC(C)(C)C)C(=O)c1ccc(N)c(F)c1. The van der Waals surface area contributed by atoms with E-state index >= 15 is 0 Å². The minimum absolute atomic E-state index is 0.0107. The Morgan fingerprint density at radius 1 is 1.41 bits per heavy atom. The van der Waals surface area contributed by atoms with E-state index in [2.05, 4.69) is 0 Å². The van der Waals surface area contributed by atoms with Crippen LogP contribution >= 0.6 is 0 Å². The zero-order valence-electron chi connectivity index (χ0n) is 10.7. The summed E-state index contributed by atoms with van der Waals surface area (Å²) >= 11 is 0. The van der Waals surface area contributed by atoms with Gasteiger partial charge >= 0.3 is 0 Å². The zero-order valence-corrected chi connectivity index (χ0v) is 10.7. The van der Waals surface area contributed by atoms with Gasteiger partial charge < -0.3 is 10.6 Å². The normalized spacial score (nSPS) is 11.4. The Bertz CT molecular complexity index is 424. The molecular formula is C13H19FN2O. The molecule has 17 heavy (non-hydrogen) atoms. The van der Waals surface area contributed by atoms with Gasteiger partial charge in [0.25, 0.3) is 5.91 Å². The van der Waals surface area contributed by atoms with E-state index in [0.717, 1.165) is 0 Å². The number of nitrogens with zero attached hydrogens (tertiary/aromatic N) is 1. The maximum atomic E-state index is 13.2. The van der Waals surface area contributed by atoms with Gasteiger partial charge in [-0.25, -0.2) is 4.39 Å². The number of halogens is 1. The molecule has 0 spiro atoms. The van der Waals surface area contributed by atoms with Crippen molar-refractivity contribution in [2.45, 2.75) is 20.8 Å². The molecule has 0 aliphatic rings. The molecule has 0 unspecified atom stereocenters. The number of nitrogen functional groups attached to an aromatic ring is 1. The number of amides is 1. The summed E-state index contributed by atoms with van der Waals surface area (Å²) in [5.74, 6) is -0.751. The van der Waals surface area contributed by atoms with Gasteiger partial charge in [0.15, 0.2) is 0 Å². The number of hydrogen-bond donors (Lipinski definition) is 1. The highest BCUT2D eigenvalue weighted by atomic mass is 19.1. The van der Waals surface area contributed by atoms with Gasteiger partial charge in [-0.15, -0.1) is 0 Å². The van der Waals surface area contributed by atoms with Gasteiger partial charge in [-0.2, -0.15) is 0 Å². The number of carbonyl (C=O) groups is 1. The molecule has 94 valence electrons. The molecule has 0 aliphatic carbocycles. The minimum atomic E-state index is -0.556. The quantitative estimate of drug-likeness (QED) is 0.805. The molecule has 0 aliphatic heterocycles. The van der Waals surface area contributed by atoms with Crippen molar-refractivity contribution in [3.05, 3.63) is 29.6 Å². The number of rotatable bonds is 2. The lowest BCUT2D eigenvalue weighted by molar-refractivity contribution is 0.0745. The molecule has 0 aromatic heterocycles. The Balaban J connectivity index is 2.85. The van der Waals surface area contributed by atoms with Crippen molar-refractivity contribution in [3.8, 4) is 0 Å². The van der Waals surface area contributed by atoms with Crippen LogP contribution in [-0.4, -0.2) is 24.4 Å². The second kappa shape index (κ2) is 4.73. The van der Waals surface area contributed by atoms with Crippen LogP contribution in [-0.2, 0) is 0 Å². The van der Waals surface area contributed by atoms with Gasteiger partial charge in [-0.05, 0) is 23.6 Å². The monoisotopic (exact) mass is 238 g/mol. The van der Waals surface area contributed by atoms with Crippen molar-refractivity contribution >= 4 is 11.6 Å². The molecule has 0 bridgehead atoms. The summed E-state index contributed by atoms with van der Waals surface area (Å²) in [7, 11) is 1.71. The number of benzene rings is 1. The van der Waals surface area contributed by atoms with Gasteiger partial charge in [-0.1, -0.05) is 20.8 Å². The molecule has 0 saturated heterocycles. The molecule has 1 aromatic carbocycles. The van der Waals surface area contributed by atoms with Crippen LogP contribution in [0, 0.1) is 11.2 Å². The summed E-state index contributed by atoms with van der Waals surface area (Å²) < 4.78 is 13.2. The maximum Gasteiger partial charge on any atom is 0.253 e. The molecule has 0 fully saturated rings. The van der Waals surface area contributed by atoms with Gasteiger partial charge in [0, 0.05) is 19.2 Å². The third-order valence-electron chi connectivity index (χ3n) is 2.31. The van der Waals surface area contributed by atoms with Crippen molar-refractivity contribution < 1.29 is 9.18 Å². The largest absolute Gasteiger partial charge is 0.396 e. The molecule has 1 amide bonds. The Morgan fingerprint density at radius 2 is 2.00 bits per heavy atom. The highest BCUT2D eigenvalue weighted by Gasteiger charge is 2.19. The number of hydrogen-bond acceptors (Lipinski definition) is 2. The van der Waals surface area contributed by atoms with Gasteiger partial charge in [-0.3, -0.25) is 4.79 Å². The van der Waals surface area contributed by atoms with Crippen LogP contribution < -0.4 is 5.73 Å². The average molecular weight is 238 g/mol. The van der Waals surface area contributed by atoms with Gasteiger partial charge in [0.1, 0.15) is 5.82 Å². The lowest BCUT2D eigenvalue weighted by Crippen LogP contribution is -2.34. The summed E-state index contributed by atoms with van der Waals surface area (Å²) in [4.78, 5) is 13.6. The van der Waals surface area contributed by atoms with Crippen LogP contribution in [0.15, 0.2) is 18.2 Å². The Kier molecular flexibility index (Phi) is 3.76. The summed E-state index contributed by atoms with van der Waals surface area (Å²) in [6.07, 6.45) is 0. The number of nitrogens with two attached hydrogens (primary N) is 1. The zero-order chi connectivity index (χ0) is 13.2. The average Bonchev–Trinajstić information content (AvgIpc) is 2.18. The van der Waals surface area contributed by atoms with E-state index in [4.69, 9.17) is 5.73 Å². The first-order valence-electron chi connectivity index (χ1n) is 5.51. The fraction of sp³-hybridized carbons (Fsp3) is 0.462. The van der Waals surface area contributed by atoms with Crippen molar-refractivity contribution in [1.82, 2.24) is 4.90 Å². The first-order valence-corrected chi connectivity index (χ1v) is 5.51. The number of carbonyl (C=O) groups excluding carboxylic acids is 1. The standard InChI is InChI=1S/C13H19FN2O/c1-13(2,3)8-16(4)12(17)9-5-6-11(15)10(14)7-9/h5-7H,8,15H2,1-4H3. The molecule has 3 nitrogen and oxygen atoms in total. The van der Waals surface area contributed by atoms with Gasteiger partial charge in [0.05, 0.1) is 5.69 Å². The summed E-state index contributed by atoms with van der Waals surface area (Å²) in [5.41, 5.74) is 5.76. The fourth-order valence-corrected chi connectivity index (χ4v) is 1.66. The lowest BCUT2D eigenvalue weighted by atomic mass is 9.96. The summed E-state index contributed by atoms with van der Waals surface area (Å²) in [6.45, 7) is 6.73. The maximum absolute atomic E-state index is 13.2. The predicted octanol–water partition coefficient (Wildman–Crippen LogP) is 2.53. The van der Waals surface area contributed by atoms with Crippen LogP contribution in [0.3, 0.4) is 0 Å². The van der Waals surface area contributed by atoms with Crippen LogP contribution in [0.2, 0.25) is 0 Å². The summed E-state index contributed by atoms with van der Waals surface area (Å²) in [5, 5.41) is 0. The van der Waals surface area contributed by atoms with Crippen LogP contribution in [0.4, 0.5) is 10.1 Å². The molecule has 0 saturated carbocycles. The second-order valence-corrected chi connectivity index (χ2v) is 5.46. The van der Waals surface area contributed by atoms with Gasteiger partial charge in [0.2, 0.25) is 0 Å². The van der Waals surface area contributed by atoms with Crippen LogP contribution in [0.5, 0.6) is 0 Å². The Morgan fingerprint density at radius 3 is 2.47 bits per heavy atom. The predicted molar refractivity (Wildman–Crippen MR) is 67.2 cm³/mol. The van der Waals surface area contributed by atoms with Crippen molar-refractivity contribution in [2.75, 3.05) is 19.3 Å². The van der Waals surface area contributed by atoms with E-state index < -0.39 is 5.82 Å². The fourth-order valence-electron chi connectivity index (χ4n) is 1.66.